The Morgan fingerprint density at radius 3 is 2.78 bits per heavy atom. The summed E-state index contributed by atoms with van der Waals surface area (Å²) < 4.78 is 0. The fourth-order valence-corrected chi connectivity index (χ4v) is 4.56. The van der Waals surface area contributed by atoms with Crippen LogP contribution in [-0.4, -0.2) is 54.1 Å². The molecular formula is C15H29N3. The normalized spacial score (nSPS) is 43.0. The Morgan fingerprint density at radius 2 is 2.06 bits per heavy atom. The number of hydrogen-bond donors (Lipinski definition) is 1. The molecule has 104 valence electrons. The van der Waals surface area contributed by atoms with E-state index in [0.717, 1.165) is 18.5 Å². The molecule has 3 rings (SSSR count). The van der Waals surface area contributed by atoms with E-state index in [-0.39, 0.29) is 0 Å². The van der Waals surface area contributed by atoms with Crippen LogP contribution in [0.4, 0.5) is 0 Å². The molecule has 0 spiro atoms. The molecule has 3 heteroatoms. The molecule has 18 heavy (non-hydrogen) atoms. The van der Waals surface area contributed by atoms with Gasteiger partial charge in [0.05, 0.1) is 0 Å². The van der Waals surface area contributed by atoms with Crippen molar-refractivity contribution in [1.29, 1.82) is 0 Å². The van der Waals surface area contributed by atoms with Gasteiger partial charge in [-0.05, 0) is 44.6 Å². The first-order valence-electron chi connectivity index (χ1n) is 7.93. The van der Waals surface area contributed by atoms with E-state index < -0.39 is 0 Å². The van der Waals surface area contributed by atoms with E-state index in [0.29, 0.717) is 5.54 Å². The SMILES string of the molecule is CC1CCC(CN)(N2CCN3CCCCC3C2)C1. The van der Waals surface area contributed by atoms with Crippen molar-refractivity contribution in [3.05, 3.63) is 0 Å². The molecule has 3 fully saturated rings. The minimum atomic E-state index is 0.350. The molecule has 2 N–H and O–H groups in total. The molecule has 2 saturated heterocycles. The summed E-state index contributed by atoms with van der Waals surface area (Å²) in [7, 11) is 0. The zero-order valence-corrected chi connectivity index (χ0v) is 11.9. The van der Waals surface area contributed by atoms with Crippen LogP contribution in [0.5, 0.6) is 0 Å². The first-order valence-corrected chi connectivity index (χ1v) is 7.93. The summed E-state index contributed by atoms with van der Waals surface area (Å²) in [6.07, 6.45) is 8.29. The van der Waals surface area contributed by atoms with Crippen molar-refractivity contribution in [2.45, 2.75) is 57.0 Å². The van der Waals surface area contributed by atoms with E-state index >= 15 is 0 Å². The summed E-state index contributed by atoms with van der Waals surface area (Å²) in [6, 6.07) is 0.826. The van der Waals surface area contributed by atoms with Crippen LogP contribution in [-0.2, 0) is 0 Å². The largest absolute Gasteiger partial charge is 0.329 e. The third-order valence-corrected chi connectivity index (χ3v) is 5.72. The summed E-state index contributed by atoms with van der Waals surface area (Å²) in [5.74, 6) is 0.873. The smallest absolute Gasteiger partial charge is 0.0335 e. The summed E-state index contributed by atoms with van der Waals surface area (Å²) in [5.41, 5.74) is 6.52. The predicted molar refractivity (Wildman–Crippen MR) is 75.6 cm³/mol. The Kier molecular flexibility index (Phi) is 3.65. The highest BCUT2D eigenvalue weighted by atomic mass is 15.3. The third kappa shape index (κ3) is 2.21. The van der Waals surface area contributed by atoms with Crippen LogP contribution in [0.25, 0.3) is 0 Å². The van der Waals surface area contributed by atoms with Crippen molar-refractivity contribution in [2.24, 2.45) is 11.7 Å². The van der Waals surface area contributed by atoms with Crippen LogP contribution in [0.2, 0.25) is 0 Å². The first-order chi connectivity index (χ1) is 8.73. The van der Waals surface area contributed by atoms with Gasteiger partial charge in [0.2, 0.25) is 0 Å². The van der Waals surface area contributed by atoms with Gasteiger partial charge < -0.3 is 5.73 Å². The molecule has 0 amide bonds. The fraction of sp³-hybridized carbons (Fsp3) is 1.00. The lowest BCUT2D eigenvalue weighted by Gasteiger charge is -2.50. The number of piperidine rings is 1. The fourth-order valence-electron chi connectivity index (χ4n) is 4.56. The monoisotopic (exact) mass is 251 g/mol. The zero-order chi connectivity index (χ0) is 12.6. The molecule has 0 aromatic heterocycles. The minimum absolute atomic E-state index is 0.350. The number of nitrogens with zero attached hydrogens (tertiary/aromatic N) is 2. The molecule has 1 saturated carbocycles. The highest BCUT2D eigenvalue weighted by molar-refractivity contribution is 5.01. The number of piperazine rings is 1. The second kappa shape index (κ2) is 5.10. The lowest BCUT2D eigenvalue weighted by atomic mass is 9.90. The number of nitrogens with two attached hydrogens (primary N) is 1. The molecule has 3 aliphatic rings. The van der Waals surface area contributed by atoms with E-state index in [1.54, 1.807) is 0 Å². The third-order valence-electron chi connectivity index (χ3n) is 5.72. The average Bonchev–Trinajstić information content (AvgIpc) is 2.81. The highest BCUT2D eigenvalue weighted by Gasteiger charge is 2.44. The zero-order valence-electron chi connectivity index (χ0n) is 11.9. The van der Waals surface area contributed by atoms with Gasteiger partial charge in [-0.3, -0.25) is 9.80 Å². The van der Waals surface area contributed by atoms with E-state index in [2.05, 4.69) is 16.7 Å². The molecular weight excluding hydrogens is 222 g/mol. The van der Waals surface area contributed by atoms with Gasteiger partial charge in [0.1, 0.15) is 0 Å². The van der Waals surface area contributed by atoms with Crippen LogP contribution in [0.15, 0.2) is 0 Å². The number of hydrogen-bond acceptors (Lipinski definition) is 3. The number of rotatable bonds is 2. The molecule has 3 nitrogen and oxygen atoms in total. The standard InChI is InChI=1S/C15H29N3/c1-13-5-6-15(10-13,12-16)18-9-8-17-7-3-2-4-14(17)11-18/h13-14H,2-12,16H2,1H3. The van der Waals surface area contributed by atoms with Crippen molar-refractivity contribution in [3.63, 3.8) is 0 Å². The lowest BCUT2D eigenvalue weighted by Crippen LogP contribution is -2.63. The summed E-state index contributed by atoms with van der Waals surface area (Å²) in [6.45, 7) is 8.41. The topological polar surface area (TPSA) is 32.5 Å². The Hall–Kier alpha value is -0.120. The van der Waals surface area contributed by atoms with Crippen LogP contribution in [0, 0.1) is 5.92 Å². The van der Waals surface area contributed by atoms with Gasteiger partial charge in [0.25, 0.3) is 0 Å². The first kappa shape index (κ1) is 12.9. The molecule has 3 atom stereocenters. The van der Waals surface area contributed by atoms with Gasteiger partial charge >= 0.3 is 0 Å². The second-order valence-corrected chi connectivity index (χ2v) is 6.91. The lowest BCUT2D eigenvalue weighted by molar-refractivity contribution is -0.00998. The maximum absolute atomic E-state index is 6.17. The van der Waals surface area contributed by atoms with E-state index in [1.807, 2.05) is 0 Å². The molecule has 2 heterocycles. The molecule has 1 aliphatic carbocycles. The molecule has 2 aliphatic heterocycles. The van der Waals surface area contributed by atoms with E-state index in [1.165, 1.54) is 64.7 Å². The number of fused-ring (bicyclic) bond motifs is 1. The van der Waals surface area contributed by atoms with Crippen LogP contribution >= 0.6 is 0 Å². The maximum atomic E-state index is 6.17. The van der Waals surface area contributed by atoms with Gasteiger partial charge in [-0.15, -0.1) is 0 Å². The minimum Gasteiger partial charge on any atom is -0.329 e. The van der Waals surface area contributed by atoms with Crippen molar-refractivity contribution in [2.75, 3.05) is 32.7 Å². The van der Waals surface area contributed by atoms with Crippen LogP contribution in [0.1, 0.15) is 45.4 Å². The Balaban J connectivity index is 1.69. The van der Waals surface area contributed by atoms with Crippen molar-refractivity contribution in [1.82, 2.24) is 9.80 Å². The quantitative estimate of drug-likeness (QED) is 0.810. The summed E-state index contributed by atoms with van der Waals surface area (Å²) in [4.78, 5) is 5.49. The summed E-state index contributed by atoms with van der Waals surface area (Å²) >= 11 is 0. The second-order valence-electron chi connectivity index (χ2n) is 6.91. The van der Waals surface area contributed by atoms with E-state index in [9.17, 15) is 0 Å². The highest BCUT2D eigenvalue weighted by Crippen LogP contribution is 2.39. The average molecular weight is 251 g/mol. The van der Waals surface area contributed by atoms with Crippen LogP contribution in [0.3, 0.4) is 0 Å². The van der Waals surface area contributed by atoms with Crippen molar-refractivity contribution < 1.29 is 0 Å². The van der Waals surface area contributed by atoms with Gasteiger partial charge in [-0.2, -0.15) is 0 Å². The Bertz CT molecular complexity index is 293. The van der Waals surface area contributed by atoms with Gasteiger partial charge in [0, 0.05) is 37.8 Å². The Morgan fingerprint density at radius 1 is 1.17 bits per heavy atom. The Labute approximate surface area is 112 Å². The molecule has 0 aromatic carbocycles. The van der Waals surface area contributed by atoms with Gasteiger partial charge in [0.15, 0.2) is 0 Å². The van der Waals surface area contributed by atoms with Crippen molar-refractivity contribution >= 4 is 0 Å². The van der Waals surface area contributed by atoms with Gasteiger partial charge in [-0.25, -0.2) is 0 Å². The van der Waals surface area contributed by atoms with Crippen LogP contribution < -0.4 is 5.73 Å². The molecule has 0 radical (unpaired) electrons. The summed E-state index contributed by atoms with van der Waals surface area (Å²) in [5, 5.41) is 0. The molecule has 3 unspecified atom stereocenters. The van der Waals surface area contributed by atoms with Crippen molar-refractivity contribution in [3.8, 4) is 0 Å². The maximum Gasteiger partial charge on any atom is 0.0335 e. The predicted octanol–water partition coefficient (Wildman–Crippen LogP) is 1.67. The van der Waals surface area contributed by atoms with E-state index in [4.69, 9.17) is 5.73 Å². The van der Waals surface area contributed by atoms with Gasteiger partial charge in [-0.1, -0.05) is 13.3 Å². The molecule has 0 bridgehead atoms. The molecule has 0 aromatic rings.